The average Bonchev–Trinajstić information content (AvgIpc) is 2.40. The third-order valence-corrected chi connectivity index (χ3v) is 3.21. The van der Waals surface area contributed by atoms with Crippen LogP contribution in [0.25, 0.3) is 0 Å². The van der Waals surface area contributed by atoms with Crippen LogP contribution in [0.3, 0.4) is 0 Å². The predicted octanol–water partition coefficient (Wildman–Crippen LogP) is 2.29. The smallest absolute Gasteiger partial charge is 0.234 e. The van der Waals surface area contributed by atoms with Crippen molar-refractivity contribution in [1.82, 2.24) is 10.2 Å². The number of nitrogens with zero attached hydrogens (tertiary/aromatic N) is 1. The summed E-state index contributed by atoms with van der Waals surface area (Å²) >= 11 is 3.38. The van der Waals surface area contributed by atoms with Gasteiger partial charge in [-0.15, -0.1) is 0 Å². The molecular formula is C14H21BrN2O2. The van der Waals surface area contributed by atoms with Gasteiger partial charge in [0, 0.05) is 17.6 Å². The third-order valence-electron chi connectivity index (χ3n) is 2.68. The second kappa shape index (κ2) is 8.93. The van der Waals surface area contributed by atoms with E-state index in [1.165, 1.54) is 0 Å². The summed E-state index contributed by atoms with van der Waals surface area (Å²) in [6.07, 6.45) is 0. The molecule has 1 rings (SSSR count). The van der Waals surface area contributed by atoms with E-state index in [4.69, 9.17) is 4.74 Å². The van der Waals surface area contributed by atoms with E-state index in [1.54, 1.807) is 0 Å². The van der Waals surface area contributed by atoms with Crippen molar-refractivity contribution in [2.45, 2.75) is 13.8 Å². The van der Waals surface area contributed by atoms with E-state index in [2.05, 4.69) is 26.1 Å². The van der Waals surface area contributed by atoms with Crippen LogP contribution in [0.4, 0.5) is 0 Å². The predicted molar refractivity (Wildman–Crippen MR) is 80.4 cm³/mol. The van der Waals surface area contributed by atoms with Gasteiger partial charge in [-0.3, -0.25) is 9.69 Å². The first kappa shape index (κ1) is 16.0. The van der Waals surface area contributed by atoms with E-state index in [9.17, 15) is 4.79 Å². The zero-order valence-corrected chi connectivity index (χ0v) is 13.1. The van der Waals surface area contributed by atoms with Crippen LogP contribution in [0.15, 0.2) is 28.7 Å². The fourth-order valence-electron chi connectivity index (χ4n) is 1.63. The van der Waals surface area contributed by atoms with Crippen LogP contribution < -0.4 is 10.1 Å². The van der Waals surface area contributed by atoms with Crippen LogP contribution in [0.2, 0.25) is 0 Å². The highest BCUT2D eigenvalue weighted by Crippen LogP contribution is 2.15. The topological polar surface area (TPSA) is 41.6 Å². The van der Waals surface area contributed by atoms with Gasteiger partial charge >= 0.3 is 0 Å². The molecule has 0 aliphatic rings. The van der Waals surface area contributed by atoms with E-state index in [0.29, 0.717) is 19.7 Å². The maximum absolute atomic E-state index is 11.5. The van der Waals surface area contributed by atoms with E-state index < -0.39 is 0 Å². The molecule has 0 aliphatic carbocycles. The maximum Gasteiger partial charge on any atom is 0.234 e. The molecule has 0 bridgehead atoms. The average molecular weight is 329 g/mol. The van der Waals surface area contributed by atoms with Gasteiger partial charge < -0.3 is 10.1 Å². The summed E-state index contributed by atoms with van der Waals surface area (Å²) < 4.78 is 6.67. The molecule has 5 heteroatoms. The molecule has 0 spiro atoms. The largest absolute Gasteiger partial charge is 0.492 e. The SMILES string of the molecule is CCNC(=O)CN(CC)CCOc1ccc(Br)cc1. The number of nitrogens with one attached hydrogen (secondary N) is 1. The molecule has 0 aliphatic heterocycles. The molecule has 1 aromatic carbocycles. The Kier molecular flexibility index (Phi) is 7.52. The minimum atomic E-state index is 0.0630. The monoisotopic (exact) mass is 328 g/mol. The summed E-state index contributed by atoms with van der Waals surface area (Å²) in [5, 5.41) is 2.80. The van der Waals surface area contributed by atoms with Gasteiger partial charge in [0.15, 0.2) is 0 Å². The zero-order valence-electron chi connectivity index (χ0n) is 11.5. The second-order valence-corrected chi connectivity index (χ2v) is 5.04. The van der Waals surface area contributed by atoms with E-state index in [1.807, 2.05) is 38.1 Å². The van der Waals surface area contributed by atoms with Gasteiger partial charge in [0.25, 0.3) is 0 Å². The fraction of sp³-hybridized carbons (Fsp3) is 0.500. The fourth-order valence-corrected chi connectivity index (χ4v) is 1.89. The number of hydrogen-bond acceptors (Lipinski definition) is 3. The first-order valence-corrected chi connectivity index (χ1v) is 7.32. The summed E-state index contributed by atoms with van der Waals surface area (Å²) in [5.74, 6) is 0.908. The van der Waals surface area contributed by atoms with E-state index >= 15 is 0 Å². The van der Waals surface area contributed by atoms with Gasteiger partial charge in [-0.05, 0) is 37.7 Å². The molecule has 106 valence electrons. The lowest BCUT2D eigenvalue weighted by Gasteiger charge is -2.19. The molecule has 1 amide bonds. The van der Waals surface area contributed by atoms with Gasteiger partial charge in [-0.25, -0.2) is 0 Å². The van der Waals surface area contributed by atoms with Gasteiger partial charge in [0.05, 0.1) is 6.54 Å². The number of hydrogen-bond donors (Lipinski definition) is 1. The first-order chi connectivity index (χ1) is 9.15. The highest BCUT2D eigenvalue weighted by atomic mass is 79.9. The first-order valence-electron chi connectivity index (χ1n) is 6.53. The summed E-state index contributed by atoms with van der Waals surface area (Å²) in [7, 11) is 0. The van der Waals surface area contributed by atoms with Crippen LogP contribution in [-0.4, -0.2) is 43.6 Å². The van der Waals surface area contributed by atoms with Crippen LogP contribution in [0.1, 0.15) is 13.8 Å². The van der Waals surface area contributed by atoms with Crippen molar-refractivity contribution in [2.24, 2.45) is 0 Å². The highest BCUT2D eigenvalue weighted by molar-refractivity contribution is 9.10. The zero-order chi connectivity index (χ0) is 14.1. The Balaban J connectivity index is 2.29. The maximum atomic E-state index is 11.5. The van der Waals surface area contributed by atoms with Crippen LogP contribution in [0.5, 0.6) is 5.75 Å². The summed E-state index contributed by atoms with van der Waals surface area (Å²) in [6.45, 7) is 7.21. The van der Waals surface area contributed by atoms with Crippen molar-refractivity contribution in [1.29, 1.82) is 0 Å². The van der Waals surface area contributed by atoms with E-state index in [-0.39, 0.29) is 5.91 Å². The normalized spacial score (nSPS) is 10.5. The number of ether oxygens (including phenoxy) is 1. The number of carbonyl (C=O) groups is 1. The minimum Gasteiger partial charge on any atom is -0.492 e. The molecule has 1 N–H and O–H groups in total. The lowest BCUT2D eigenvalue weighted by molar-refractivity contribution is -0.122. The second-order valence-electron chi connectivity index (χ2n) is 4.12. The van der Waals surface area contributed by atoms with Gasteiger partial charge in [0.1, 0.15) is 12.4 Å². The van der Waals surface area contributed by atoms with Crippen LogP contribution in [-0.2, 0) is 4.79 Å². The van der Waals surface area contributed by atoms with Gasteiger partial charge in [-0.2, -0.15) is 0 Å². The number of rotatable bonds is 8. The Morgan fingerprint density at radius 3 is 2.58 bits per heavy atom. The number of carbonyl (C=O) groups excluding carboxylic acids is 1. The molecule has 19 heavy (non-hydrogen) atoms. The Morgan fingerprint density at radius 2 is 2.00 bits per heavy atom. The highest BCUT2D eigenvalue weighted by Gasteiger charge is 2.07. The van der Waals surface area contributed by atoms with Crippen LogP contribution >= 0.6 is 15.9 Å². The summed E-state index contributed by atoms with van der Waals surface area (Å²) in [4.78, 5) is 13.5. The minimum absolute atomic E-state index is 0.0630. The van der Waals surface area contributed by atoms with E-state index in [0.717, 1.165) is 23.3 Å². The third kappa shape index (κ3) is 6.59. The number of halogens is 1. The molecule has 0 radical (unpaired) electrons. The van der Waals surface area contributed by atoms with Crippen molar-refractivity contribution in [3.63, 3.8) is 0 Å². The van der Waals surface area contributed by atoms with Crippen molar-refractivity contribution in [2.75, 3.05) is 32.8 Å². The van der Waals surface area contributed by atoms with Crippen molar-refractivity contribution < 1.29 is 9.53 Å². The molecule has 0 saturated carbocycles. The Morgan fingerprint density at radius 1 is 1.32 bits per heavy atom. The lowest BCUT2D eigenvalue weighted by atomic mass is 10.3. The standard InChI is InChI=1S/C14H21BrN2O2/c1-3-16-14(18)11-17(4-2)9-10-19-13-7-5-12(15)6-8-13/h5-8H,3-4,9-11H2,1-2H3,(H,16,18). The molecule has 0 heterocycles. The molecule has 0 aromatic heterocycles. The quantitative estimate of drug-likeness (QED) is 0.796. The Hall–Kier alpha value is -1.07. The molecule has 1 aromatic rings. The van der Waals surface area contributed by atoms with Crippen LogP contribution in [0, 0.1) is 0 Å². The molecule has 0 unspecified atom stereocenters. The molecule has 0 fully saturated rings. The Bertz CT molecular complexity index is 382. The summed E-state index contributed by atoms with van der Waals surface area (Å²) in [5.41, 5.74) is 0. The number of amides is 1. The molecule has 0 saturated heterocycles. The molecule has 4 nitrogen and oxygen atoms in total. The number of benzene rings is 1. The molecule has 0 atom stereocenters. The van der Waals surface area contributed by atoms with Crippen molar-refractivity contribution in [3.05, 3.63) is 28.7 Å². The van der Waals surface area contributed by atoms with Gasteiger partial charge in [-0.1, -0.05) is 22.9 Å². The molecular weight excluding hydrogens is 308 g/mol. The number of likely N-dealkylation sites (N-methyl/N-ethyl adjacent to an activating group) is 2. The Labute approximate surface area is 123 Å². The van der Waals surface area contributed by atoms with Gasteiger partial charge in [0.2, 0.25) is 5.91 Å². The lowest BCUT2D eigenvalue weighted by Crippen LogP contribution is -2.38. The van der Waals surface area contributed by atoms with Crippen molar-refractivity contribution >= 4 is 21.8 Å². The summed E-state index contributed by atoms with van der Waals surface area (Å²) in [6, 6.07) is 7.73. The van der Waals surface area contributed by atoms with Crippen molar-refractivity contribution in [3.8, 4) is 5.75 Å².